The van der Waals surface area contributed by atoms with E-state index in [-0.39, 0.29) is 23.9 Å². The molecule has 98 valence electrons. The molecule has 0 atom stereocenters. The van der Waals surface area contributed by atoms with E-state index in [4.69, 9.17) is 17.3 Å². The van der Waals surface area contributed by atoms with Crippen molar-refractivity contribution in [3.8, 4) is 0 Å². The van der Waals surface area contributed by atoms with Gasteiger partial charge in [-0.3, -0.25) is 9.69 Å². The molecule has 0 aromatic heterocycles. The number of piperidine rings is 1. The number of rotatable bonds is 3. The molecule has 0 amide bonds. The van der Waals surface area contributed by atoms with Crippen LogP contribution in [0.2, 0.25) is 5.02 Å². The van der Waals surface area contributed by atoms with Gasteiger partial charge in [-0.15, -0.1) is 0 Å². The first-order valence-electron chi connectivity index (χ1n) is 6.02. The number of Topliss-reactive ketones (excluding diaryl/α,β-unsaturated/α-hetero) is 1. The van der Waals surface area contributed by atoms with Gasteiger partial charge in [-0.1, -0.05) is 11.6 Å². The molecule has 2 rings (SSSR count). The Kier molecular flexibility index (Phi) is 4.32. The molecule has 0 spiro atoms. The van der Waals surface area contributed by atoms with Crippen LogP contribution in [0.3, 0.4) is 0 Å². The number of nitrogens with zero attached hydrogens (tertiary/aromatic N) is 1. The highest BCUT2D eigenvalue weighted by Crippen LogP contribution is 2.16. The summed E-state index contributed by atoms with van der Waals surface area (Å²) in [5, 5.41) is 0.299. The van der Waals surface area contributed by atoms with Gasteiger partial charge in [0.25, 0.3) is 0 Å². The van der Waals surface area contributed by atoms with Crippen molar-refractivity contribution in [1.29, 1.82) is 0 Å². The summed E-state index contributed by atoms with van der Waals surface area (Å²) in [6.07, 6.45) is 1.77. The van der Waals surface area contributed by atoms with Crippen LogP contribution in [0.15, 0.2) is 18.2 Å². The number of likely N-dealkylation sites (tertiary alicyclic amines) is 1. The highest BCUT2D eigenvalue weighted by Gasteiger charge is 2.20. The molecule has 18 heavy (non-hydrogen) atoms. The van der Waals surface area contributed by atoms with E-state index >= 15 is 0 Å². The van der Waals surface area contributed by atoms with E-state index in [1.165, 1.54) is 18.2 Å². The van der Waals surface area contributed by atoms with E-state index in [0.29, 0.717) is 5.02 Å². The SMILES string of the molecule is NC1CCN(CC(=O)c2ccc(Cl)cc2F)CC1. The molecule has 5 heteroatoms. The summed E-state index contributed by atoms with van der Waals surface area (Å²) in [5.41, 5.74) is 5.90. The van der Waals surface area contributed by atoms with Crippen LogP contribution in [0.25, 0.3) is 0 Å². The molecule has 1 heterocycles. The third kappa shape index (κ3) is 3.28. The zero-order valence-corrected chi connectivity index (χ0v) is 10.8. The second-order valence-corrected chi connectivity index (χ2v) is 5.10. The number of hydrogen-bond donors (Lipinski definition) is 1. The fraction of sp³-hybridized carbons (Fsp3) is 0.462. The monoisotopic (exact) mass is 270 g/mol. The Labute approximate surface area is 111 Å². The summed E-state index contributed by atoms with van der Waals surface area (Å²) < 4.78 is 13.6. The van der Waals surface area contributed by atoms with Crippen molar-refractivity contribution in [3.63, 3.8) is 0 Å². The summed E-state index contributed by atoms with van der Waals surface area (Å²) >= 11 is 5.65. The molecule has 0 bridgehead atoms. The third-order valence-electron chi connectivity index (χ3n) is 3.23. The largest absolute Gasteiger partial charge is 0.328 e. The Morgan fingerprint density at radius 3 is 2.72 bits per heavy atom. The molecule has 2 N–H and O–H groups in total. The van der Waals surface area contributed by atoms with E-state index in [1.54, 1.807) is 0 Å². The van der Waals surface area contributed by atoms with Gasteiger partial charge in [0, 0.05) is 24.2 Å². The maximum Gasteiger partial charge on any atom is 0.179 e. The Morgan fingerprint density at radius 1 is 1.44 bits per heavy atom. The maximum atomic E-state index is 13.6. The van der Waals surface area contributed by atoms with Gasteiger partial charge in [0.1, 0.15) is 5.82 Å². The lowest BCUT2D eigenvalue weighted by Crippen LogP contribution is -2.42. The molecule has 1 fully saturated rings. The van der Waals surface area contributed by atoms with E-state index in [0.717, 1.165) is 25.9 Å². The fourth-order valence-corrected chi connectivity index (χ4v) is 2.27. The predicted octanol–water partition coefficient (Wildman–Crippen LogP) is 2.08. The van der Waals surface area contributed by atoms with Gasteiger partial charge in [-0.05, 0) is 31.0 Å². The minimum atomic E-state index is -0.554. The quantitative estimate of drug-likeness (QED) is 0.856. The molecular formula is C13H16ClFN2O. The van der Waals surface area contributed by atoms with Crippen molar-refractivity contribution in [2.75, 3.05) is 19.6 Å². The number of nitrogens with two attached hydrogens (primary N) is 1. The average Bonchev–Trinajstić information content (AvgIpc) is 2.32. The predicted molar refractivity (Wildman–Crippen MR) is 69.4 cm³/mol. The molecule has 1 saturated heterocycles. The lowest BCUT2D eigenvalue weighted by molar-refractivity contribution is 0.0906. The molecule has 1 aliphatic heterocycles. The van der Waals surface area contributed by atoms with E-state index in [9.17, 15) is 9.18 Å². The molecule has 0 radical (unpaired) electrons. The normalized spacial score (nSPS) is 17.9. The van der Waals surface area contributed by atoms with Gasteiger partial charge in [0.2, 0.25) is 0 Å². The Hall–Kier alpha value is -0.970. The lowest BCUT2D eigenvalue weighted by atomic mass is 10.0. The Bertz CT molecular complexity index is 445. The first-order chi connectivity index (χ1) is 8.56. The standard InChI is InChI=1S/C13H16ClFN2O/c14-9-1-2-11(12(15)7-9)13(18)8-17-5-3-10(16)4-6-17/h1-2,7,10H,3-6,8,16H2. The zero-order valence-electron chi connectivity index (χ0n) is 10.0. The summed E-state index contributed by atoms with van der Waals surface area (Å²) in [4.78, 5) is 14.0. The molecule has 1 aromatic rings. The van der Waals surface area contributed by atoms with Crippen molar-refractivity contribution < 1.29 is 9.18 Å². The molecular weight excluding hydrogens is 255 g/mol. The minimum Gasteiger partial charge on any atom is -0.328 e. The van der Waals surface area contributed by atoms with Crippen molar-refractivity contribution in [3.05, 3.63) is 34.6 Å². The molecule has 0 saturated carbocycles. The first kappa shape index (κ1) is 13.5. The van der Waals surface area contributed by atoms with Gasteiger partial charge in [-0.25, -0.2) is 4.39 Å². The van der Waals surface area contributed by atoms with E-state index in [1.807, 2.05) is 4.90 Å². The van der Waals surface area contributed by atoms with Crippen molar-refractivity contribution in [1.82, 2.24) is 4.90 Å². The van der Waals surface area contributed by atoms with Crippen LogP contribution in [-0.2, 0) is 0 Å². The van der Waals surface area contributed by atoms with Crippen LogP contribution >= 0.6 is 11.6 Å². The average molecular weight is 271 g/mol. The summed E-state index contributed by atoms with van der Waals surface area (Å²) in [6, 6.07) is 4.37. The van der Waals surface area contributed by atoms with Gasteiger partial charge in [0.15, 0.2) is 5.78 Å². The molecule has 0 aliphatic carbocycles. The van der Waals surface area contributed by atoms with Gasteiger partial charge < -0.3 is 5.73 Å². The van der Waals surface area contributed by atoms with Crippen LogP contribution in [0.5, 0.6) is 0 Å². The number of carbonyl (C=O) groups is 1. The second kappa shape index (κ2) is 5.78. The topological polar surface area (TPSA) is 46.3 Å². The van der Waals surface area contributed by atoms with Crippen LogP contribution in [0.1, 0.15) is 23.2 Å². The maximum absolute atomic E-state index is 13.6. The smallest absolute Gasteiger partial charge is 0.179 e. The molecule has 3 nitrogen and oxygen atoms in total. The van der Waals surface area contributed by atoms with Crippen molar-refractivity contribution in [2.45, 2.75) is 18.9 Å². The highest BCUT2D eigenvalue weighted by atomic mass is 35.5. The van der Waals surface area contributed by atoms with Gasteiger partial charge in [0.05, 0.1) is 12.1 Å². The molecule has 0 unspecified atom stereocenters. The molecule has 1 aliphatic rings. The number of carbonyl (C=O) groups excluding carboxylic acids is 1. The van der Waals surface area contributed by atoms with Gasteiger partial charge >= 0.3 is 0 Å². The van der Waals surface area contributed by atoms with E-state index < -0.39 is 5.82 Å². The Balaban J connectivity index is 1.99. The lowest BCUT2D eigenvalue weighted by Gasteiger charge is -2.29. The first-order valence-corrected chi connectivity index (χ1v) is 6.40. The van der Waals surface area contributed by atoms with Gasteiger partial charge in [-0.2, -0.15) is 0 Å². The number of halogens is 2. The second-order valence-electron chi connectivity index (χ2n) is 4.66. The van der Waals surface area contributed by atoms with Crippen molar-refractivity contribution in [2.24, 2.45) is 5.73 Å². The van der Waals surface area contributed by atoms with Crippen LogP contribution in [0.4, 0.5) is 4.39 Å². The number of ketones is 1. The summed E-state index contributed by atoms with van der Waals surface area (Å²) in [5.74, 6) is -0.763. The fourth-order valence-electron chi connectivity index (χ4n) is 2.11. The summed E-state index contributed by atoms with van der Waals surface area (Å²) in [6.45, 7) is 1.83. The minimum absolute atomic E-state index is 0.106. The van der Waals surface area contributed by atoms with Crippen LogP contribution in [0, 0.1) is 5.82 Å². The molecule has 1 aromatic carbocycles. The van der Waals surface area contributed by atoms with Crippen LogP contribution in [-0.4, -0.2) is 36.4 Å². The summed E-state index contributed by atoms with van der Waals surface area (Å²) in [7, 11) is 0. The highest BCUT2D eigenvalue weighted by molar-refractivity contribution is 6.30. The Morgan fingerprint density at radius 2 is 2.11 bits per heavy atom. The van der Waals surface area contributed by atoms with E-state index in [2.05, 4.69) is 0 Å². The van der Waals surface area contributed by atoms with Crippen LogP contribution < -0.4 is 5.73 Å². The zero-order chi connectivity index (χ0) is 13.1. The third-order valence-corrected chi connectivity index (χ3v) is 3.47. The number of hydrogen-bond acceptors (Lipinski definition) is 3. The van der Waals surface area contributed by atoms with Crippen molar-refractivity contribution >= 4 is 17.4 Å². The number of benzene rings is 1.